The van der Waals surface area contributed by atoms with Gasteiger partial charge in [-0.15, -0.1) is 0 Å². The van der Waals surface area contributed by atoms with E-state index in [1.165, 1.54) is 0 Å². The first kappa shape index (κ1) is 13.8. The number of aromatic nitrogens is 2. The van der Waals surface area contributed by atoms with Crippen LogP contribution in [0.2, 0.25) is 0 Å². The minimum Gasteiger partial charge on any atom is -0.491 e. The van der Waals surface area contributed by atoms with E-state index in [0.29, 0.717) is 17.9 Å². The minimum absolute atomic E-state index is 0.0330. The standard InChI is InChI=1S/C16H19N3O2/c1-13(20)14-4-2-3-5-15(14)21-11-10-18-8-9-19-7-6-17-16(19)12-18/h2-7H,8-12H2,1H3. The first-order chi connectivity index (χ1) is 10.2. The van der Waals surface area contributed by atoms with Crippen LogP contribution in [0.15, 0.2) is 36.7 Å². The number of benzene rings is 1. The SMILES string of the molecule is CC(=O)c1ccccc1OCCN1CCn2ccnc2C1. The lowest BCUT2D eigenvalue weighted by Crippen LogP contribution is -2.36. The molecule has 0 saturated heterocycles. The van der Waals surface area contributed by atoms with Crippen LogP contribution in [0.25, 0.3) is 0 Å². The third-order valence-electron chi connectivity index (χ3n) is 3.76. The number of fused-ring (bicyclic) bond motifs is 1. The predicted octanol–water partition coefficient (Wildman–Crippen LogP) is 1.98. The Balaban J connectivity index is 1.54. The number of carbonyl (C=O) groups excluding carboxylic acids is 1. The minimum atomic E-state index is 0.0330. The number of ether oxygens (including phenoxy) is 1. The van der Waals surface area contributed by atoms with E-state index in [2.05, 4.69) is 14.5 Å². The van der Waals surface area contributed by atoms with Crippen molar-refractivity contribution in [2.45, 2.75) is 20.0 Å². The zero-order valence-electron chi connectivity index (χ0n) is 12.2. The van der Waals surface area contributed by atoms with Gasteiger partial charge >= 0.3 is 0 Å². The van der Waals surface area contributed by atoms with Crippen LogP contribution >= 0.6 is 0 Å². The zero-order valence-corrected chi connectivity index (χ0v) is 12.2. The van der Waals surface area contributed by atoms with E-state index in [4.69, 9.17) is 4.74 Å². The second-order valence-electron chi connectivity index (χ2n) is 5.21. The molecule has 0 fully saturated rings. The Morgan fingerprint density at radius 1 is 1.33 bits per heavy atom. The molecule has 0 aliphatic carbocycles. The second-order valence-corrected chi connectivity index (χ2v) is 5.21. The van der Waals surface area contributed by atoms with Gasteiger partial charge in [0.2, 0.25) is 0 Å². The third kappa shape index (κ3) is 3.13. The summed E-state index contributed by atoms with van der Waals surface area (Å²) in [4.78, 5) is 18.2. The van der Waals surface area contributed by atoms with Crippen molar-refractivity contribution >= 4 is 5.78 Å². The maximum absolute atomic E-state index is 11.5. The van der Waals surface area contributed by atoms with Crippen molar-refractivity contribution in [2.24, 2.45) is 0 Å². The van der Waals surface area contributed by atoms with Crippen LogP contribution in [-0.4, -0.2) is 39.9 Å². The predicted molar refractivity (Wildman–Crippen MR) is 79.4 cm³/mol. The molecule has 0 radical (unpaired) electrons. The molecule has 0 bridgehead atoms. The van der Waals surface area contributed by atoms with Gasteiger partial charge in [-0.05, 0) is 19.1 Å². The number of carbonyl (C=O) groups is 1. The van der Waals surface area contributed by atoms with Gasteiger partial charge in [-0.2, -0.15) is 0 Å². The van der Waals surface area contributed by atoms with Gasteiger partial charge in [0.25, 0.3) is 0 Å². The monoisotopic (exact) mass is 285 g/mol. The van der Waals surface area contributed by atoms with Crippen molar-refractivity contribution in [1.29, 1.82) is 0 Å². The van der Waals surface area contributed by atoms with Gasteiger partial charge in [0.15, 0.2) is 5.78 Å². The first-order valence-corrected chi connectivity index (χ1v) is 7.19. The van der Waals surface area contributed by atoms with Crippen LogP contribution in [0, 0.1) is 0 Å². The van der Waals surface area contributed by atoms with Gasteiger partial charge < -0.3 is 9.30 Å². The topological polar surface area (TPSA) is 47.4 Å². The highest BCUT2D eigenvalue weighted by Gasteiger charge is 2.16. The summed E-state index contributed by atoms with van der Waals surface area (Å²) >= 11 is 0. The molecule has 5 heteroatoms. The Bertz CT molecular complexity index is 636. The molecule has 1 aromatic heterocycles. The van der Waals surface area contributed by atoms with Crippen LogP contribution in [-0.2, 0) is 13.1 Å². The number of nitrogens with zero attached hydrogens (tertiary/aromatic N) is 3. The van der Waals surface area contributed by atoms with E-state index in [0.717, 1.165) is 32.0 Å². The van der Waals surface area contributed by atoms with Gasteiger partial charge in [-0.1, -0.05) is 12.1 Å². The molecule has 0 spiro atoms. The van der Waals surface area contributed by atoms with Crippen LogP contribution in [0.1, 0.15) is 23.1 Å². The fraction of sp³-hybridized carbons (Fsp3) is 0.375. The lowest BCUT2D eigenvalue weighted by molar-refractivity contribution is 0.101. The molecular formula is C16H19N3O2. The highest BCUT2D eigenvalue weighted by molar-refractivity contribution is 5.96. The van der Waals surface area contributed by atoms with Crippen LogP contribution in [0.4, 0.5) is 0 Å². The summed E-state index contributed by atoms with van der Waals surface area (Å²) < 4.78 is 7.96. The fourth-order valence-corrected chi connectivity index (χ4v) is 2.58. The molecular weight excluding hydrogens is 266 g/mol. The molecule has 0 N–H and O–H groups in total. The highest BCUT2D eigenvalue weighted by Crippen LogP contribution is 2.18. The van der Waals surface area contributed by atoms with E-state index in [9.17, 15) is 4.79 Å². The fourth-order valence-electron chi connectivity index (χ4n) is 2.58. The van der Waals surface area contributed by atoms with Gasteiger partial charge in [0, 0.05) is 32.0 Å². The van der Waals surface area contributed by atoms with Crippen molar-refractivity contribution in [2.75, 3.05) is 19.7 Å². The van der Waals surface area contributed by atoms with E-state index in [-0.39, 0.29) is 5.78 Å². The van der Waals surface area contributed by atoms with E-state index < -0.39 is 0 Å². The van der Waals surface area contributed by atoms with Crippen LogP contribution in [0.3, 0.4) is 0 Å². The molecule has 1 aliphatic heterocycles. The molecule has 5 nitrogen and oxygen atoms in total. The van der Waals surface area contributed by atoms with Gasteiger partial charge in [0.05, 0.1) is 12.1 Å². The Morgan fingerprint density at radius 3 is 3.05 bits per heavy atom. The smallest absolute Gasteiger partial charge is 0.163 e. The lowest BCUT2D eigenvalue weighted by atomic mass is 10.1. The summed E-state index contributed by atoms with van der Waals surface area (Å²) in [7, 11) is 0. The molecule has 0 amide bonds. The number of Topliss-reactive ketones (excluding diaryl/α,β-unsaturated/α-hetero) is 1. The maximum atomic E-state index is 11.5. The van der Waals surface area contributed by atoms with E-state index in [1.807, 2.05) is 30.6 Å². The number of para-hydroxylation sites is 1. The summed E-state index contributed by atoms with van der Waals surface area (Å²) in [5.74, 6) is 1.81. The summed E-state index contributed by atoms with van der Waals surface area (Å²) in [5.41, 5.74) is 0.645. The quantitative estimate of drug-likeness (QED) is 0.788. The van der Waals surface area contributed by atoms with Gasteiger partial charge in [-0.25, -0.2) is 4.98 Å². The number of hydrogen-bond acceptors (Lipinski definition) is 4. The molecule has 1 aliphatic rings. The molecule has 1 aromatic carbocycles. The van der Waals surface area contributed by atoms with Gasteiger partial charge in [-0.3, -0.25) is 9.69 Å². The van der Waals surface area contributed by atoms with E-state index in [1.54, 1.807) is 13.0 Å². The average Bonchev–Trinajstić information content (AvgIpc) is 2.95. The first-order valence-electron chi connectivity index (χ1n) is 7.19. The molecule has 0 unspecified atom stereocenters. The number of hydrogen-bond donors (Lipinski definition) is 0. The zero-order chi connectivity index (χ0) is 14.7. The maximum Gasteiger partial charge on any atom is 0.163 e. The molecule has 0 atom stereocenters. The summed E-state index contributed by atoms with van der Waals surface area (Å²) in [5, 5.41) is 0. The van der Waals surface area contributed by atoms with Crippen molar-refractivity contribution in [3.8, 4) is 5.75 Å². The number of rotatable bonds is 5. The molecule has 0 saturated carbocycles. The van der Waals surface area contributed by atoms with Crippen molar-refractivity contribution in [3.63, 3.8) is 0 Å². The second kappa shape index (κ2) is 6.10. The van der Waals surface area contributed by atoms with Crippen LogP contribution in [0.5, 0.6) is 5.75 Å². The highest BCUT2D eigenvalue weighted by atomic mass is 16.5. The molecule has 21 heavy (non-hydrogen) atoms. The Kier molecular flexibility index (Phi) is 4.01. The molecule has 110 valence electrons. The Morgan fingerprint density at radius 2 is 2.19 bits per heavy atom. The van der Waals surface area contributed by atoms with Crippen molar-refractivity contribution in [3.05, 3.63) is 48.0 Å². The average molecular weight is 285 g/mol. The van der Waals surface area contributed by atoms with Crippen molar-refractivity contribution in [1.82, 2.24) is 14.5 Å². The Labute approximate surface area is 124 Å². The summed E-state index contributed by atoms with van der Waals surface area (Å²) in [6, 6.07) is 7.39. The van der Waals surface area contributed by atoms with Crippen LogP contribution < -0.4 is 4.74 Å². The summed E-state index contributed by atoms with van der Waals surface area (Å²) in [6.45, 7) is 5.79. The molecule has 2 aromatic rings. The molecule has 2 heterocycles. The van der Waals surface area contributed by atoms with Crippen molar-refractivity contribution < 1.29 is 9.53 Å². The van der Waals surface area contributed by atoms with E-state index >= 15 is 0 Å². The Hall–Kier alpha value is -2.14. The molecule has 3 rings (SSSR count). The largest absolute Gasteiger partial charge is 0.491 e. The number of imidazole rings is 1. The van der Waals surface area contributed by atoms with Gasteiger partial charge in [0.1, 0.15) is 18.2 Å². The summed E-state index contributed by atoms with van der Waals surface area (Å²) in [6.07, 6.45) is 3.87. The number of ketones is 1. The normalized spacial score (nSPS) is 14.7. The third-order valence-corrected chi connectivity index (χ3v) is 3.76. The lowest BCUT2D eigenvalue weighted by Gasteiger charge is -2.27.